The molecular weight excluding hydrogens is 436 g/mol. The maximum atomic E-state index is 13.9. The van der Waals surface area contributed by atoms with Gasteiger partial charge in [0.2, 0.25) is 34.8 Å². The van der Waals surface area contributed by atoms with Gasteiger partial charge in [-0.2, -0.15) is 13.9 Å². The summed E-state index contributed by atoms with van der Waals surface area (Å²) in [5.74, 6) is -14.3. The van der Waals surface area contributed by atoms with E-state index in [1.54, 1.807) is 6.07 Å². The van der Waals surface area contributed by atoms with Crippen molar-refractivity contribution in [1.82, 2.24) is 5.09 Å². The van der Waals surface area contributed by atoms with E-state index in [4.69, 9.17) is 9.26 Å². The van der Waals surface area contributed by atoms with Gasteiger partial charge < -0.3 is 13.8 Å². The molecule has 1 fully saturated rings. The van der Waals surface area contributed by atoms with Crippen molar-refractivity contribution in [3.05, 3.63) is 59.4 Å². The number of halogens is 5. The third kappa shape index (κ3) is 5.28. The Balaban J connectivity index is 1.84. The molecule has 0 amide bonds. The monoisotopic (exact) mass is 451 g/mol. The highest BCUT2D eigenvalue weighted by Crippen LogP contribution is 2.47. The Morgan fingerprint density at radius 3 is 2.07 bits per heavy atom. The molecule has 0 heterocycles. The molecule has 1 N–H and O–H groups in total. The highest BCUT2D eigenvalue weighted by Gasteiger charge is 2.36. The molecule has 1 saturated carbocycles. The van der Waals surface area contributed by atoms with Gasteiger partial charge in [-0.3, -0.25) is 4.79 Å². The lowest BCUT2D eigenvalue weighted by Gasteiger charge is -2.21. The number of para-hydroxylation sites is 1. The second-order valence-electron chi connectivity index (χ2n) is 6.35. The van der Waals surface area contributed by atoms with E-state index in [9.17, 15) is 31.3 Å². The van der Waals surface area contributed by atoms with Crippen molar-refractivity contribution in [3.63, 3.8) is 0 Å². The van der Waals surface area contributed by atoms with Crippen LogP contribution in [0.25, 0.3) is 0 Å². The summed E-state index contributed by atoms with van der Waals surface area (Å²) >= 11 is 0. The first-order valence-electron chi connectivity index (χ1n) is 8.66. The number of nitrogens with one attached hydrogen (secondary N) is 1. The van der Waals surface area contributed by atoms with Gasteiger partial charge in [-0.15, -0.1) is 0 Å². The Labute approximate surface area is 167 Å². The Morgan fingerprint density at radius 2 is 1.50 bits per heavy atom. The zero-order valence-electron chi connectivity index (χ0n) is 15.2. The van der Waals surface area contributed by atoms with Gasteiger partial charge in [-0.05, 0) is 30.9 Å². The first-order valence-corrected chi connectivity index (χ1v) is 10.2. The summed E-state index contributed by atoms with van der Waals surface area (Å²) in [6.45, 7) is -0.630. The molecule has 0 saturated heterocycles. The molecule has 0 aliphatic heterocycles. The van der Waals surface area contributed by atoms with E-state index in [1.165, 1.54) is 24.3 Å². The second-order valence-corrected chi connectivity index (χ2v) is 8.03. The smallest absolute Gasteiger partial charge is 0.464 e. The fourth-order valence-electron chi connectivity index (χ4n) is 2.20. The number of benzene rings is 2. The minimum absolute atomic E-state index is 0.122. The predicted molar refractivity (Wildman–Crippen MR) is 93.2 cm³/mol. The standard InChI is InChI=1S/C18H15F5NO5P/c19-13-14(20)16(22)18(17(23)15(13)21)29-30(26,28-11-4-2-1-3-5-11)24-8-12(25)27-9-10-6-7-10/h1-5,10H,6-9H2,(H,24,26). The van der Waals surface area contributed by atoms with E-state index in [1.807, 2.05) is 5.09 Å². The third-order valence-electron chi connectivity index (χ3n) is 3.94. The van der Waals surface area contributed by atoms with Crippen LogP contribution in [0.3, 0.4) is 0 Å². The van der Waals surface area contributed by atoms with Crippen molar-refractivity contribution in [1.29, 1.82) is 0 Å². The maximum Gasteiger partial charge on any atom is 0.513 e. The van der Waals surface area contributed by atoms with Crippen molar-refractivity contribution in [2.75, 3.05) is 13.2 Å². The second kappa shape index (κ2) is 9.01. The summed E-state index contributed by atoms with van der Waals surface area (Å²) in [6.07, 6.45) is 1.80. The summed E-state index contributed by atoms with van der Waals surface area (Å²) in [7, 11) is -4.84. The van der Waals surface area contributed by atoms with E-state index in [0.29, 0.717) is 0 Å². The first kappa shape index (κ1) is 22.0. The average molecular weight is 451 g/mol. The highest BCUT2D eigenvalue weighted by molar-refractivity contribution is 7.52. The zero-order valence-corrected chi connectivity index (χ0v) is 16.1. The lowest BCUT2D eigenvalue weighted by molar-refractivity contribution is -0.142. The van der Waals surface area contributed by atoms with Crippen molar-refractivity contribution in [2.24, 2.45) is 5.92 Å². The van der Waals surface area contributed by atoms with Crippen LogP contribution in [0.15, 0.2) is 30.3 Å². The lowest BCUT2D eigenvalue weighted by atomic mass is 10.3. The van der Waals surface area contributed by atoms with Gasteiger partial charge in [0.25, 0.3) is 0 Å². The normalized spacial score (nSPS) is 15.4. The van der Waals surface area contributed by atoms with Gasteiger partial charge in [0.15, 0.2) is 0 Å². The number of rotatable bonds is 9. The van der Waals surface area contributed by atoms with Crippen molar-refractivity contribution >= 4 is 13.7 Å². The van der Waals surface area contributed by atoms with Gasteiger partial charge in [-0.1, -0.05) is 18.2 Å². The summed E-state index contributed by atoms with van der Waals surface area (Å²) < 4.78 is 95.5. The van der Waals surface area contributed by atoms with Gasteiger partial charge in [0, 0.05) is 0 Å². The molecule has 0 radical (unpaired) electrons. The molecule has 1 aliphatic rings. The molecule has 12 heteroatoms. The largest absolute Gasteiger partial charge is 0.513 e. The average Bonchev–Trinajstić information content (AvgIpc) is 3.56. The molecule has 0 bridgehead atoms. The Kier molecular flexibility index (Phi) is 6.62. The lowest BCUT2D eigenvalue weighted by Crippen LogP contribution is -2.27. The SMILES string of the molecule is O=C(CNP(=O)(Oc1ccccc1)Oc1c(F)c(F)c(F)c(F)c1F)OCC1CC1. The molecule has 3 rings (SSSR count). The molecule has 1 unspecified atom stereocenters. The summed E-state index contributed by atoms with van der Waals surface area (Å²) in [5.41, 5.74) is 0. The van der Waals surface area contributed by atoms with E-state index < -0.39 is 55.1 Å². The fourth-order valence-corrected chi connectivity index (χ4v) is 3.49. The van der Waals surface area contributed by atoms with Crippen LogP contribution < -0.4 is 14.1 Å². The highest BCUT2D eigenvalue weighted by atomic mass is 31.2. The molecular formula is C18H15F5NO5P. The van der Waals surface area contributed by atoms with Gasteiger partial charge in [0.05, 0.1) is 6.61 Å². The summed E-state index contributed by atoms with van der Waals surface area (Å²) in [5, 5.41) is 2.01. The number of carbonyl (C=O) groups is 1. The fraction of sp³-hybridized carbons (Fsp3) is 0.278. The predicted octanol–water partition coefficient (Wildman–Crippen LogP) is 4.49. The van der Waals surface area contributed by atoms with Crippen molar-refractivity contribution in [3.8, 4) is 11.5 Å². The van der Waals surface area contributed by atoms with Crippen molar-refractivity contribution < 1.29 is 45.1 Å². The molecule has 1 aliphatic carbocycles. The van der Waals surface area contributed by atoms with E-state index in [-0.39, 0.29) is 18.3 Å². The third-order valence-corrected chi connectivity index (χ3v) is 5.36. The first-order chi connectivity index (χ1) is 14.2. The van der Waals surface area contributed by atoms with Gasteiger partial charge in [-0.25, -0.2) is 17.7 Å². The van der Waals surface area contributed by atoms with Crippen molar-refractivity contribution in [2.45, 2.75) is 12.8 Å². The van der Waals surface area contributed by atoms with Crippen LogP contribution in [-0.2, 0) is 14.1 Å². The number of hydrogen-bond donors (Lipinski definition) is 1. The van der Waals surface area contributed by atoms with Crippen LogP contribution in [0.2, 0.25) is 0 Å². The molecule has 162 valence electrons. The van der Waals surface area contributed by atoms with Crippen LogP contribution >= 0.6 is 7.75 Å². The molecule has 1 atom stereocenters. The van der Waals surface area contributed by atoms with E-state index >= 15 is 0 Å². The van der Waals surface area contributed by atoms with Crippen LogP contribution in [0.1, 0.15) is 12.8 Å². The minimum Gasteiger partial charge on any atom is -0.464 e. The van der Waals surface area contributed by atoms with Gasteiger partial charge >= 0.3 is 13.7 Å². The molecule has 2 aromatic carbocycles. The zero-order chi connectivity index (χ0) is 21.9. The van der Waals surface area contributed by atoms with Gasteiger partial charge in [0.1, 0.15) is 12.3 Å². The Morgan fingerprint density at radius 1 is 0.933 bits per heavy atom. The minimum atomic E-state index is -4.84. The van der Waals surface area contributed by atoms with E-state index in [0.717, 1.165) is 12.8 Å². The maximum absolute atomic E-state index is 13.9. The van der Waals surface area contributed by atoms with Crippen LogP contribution in [0.4, 0.5) is 22.0 Å². The summed E-state index contributed by atoms with van der Waals surface area (Å²) in [4.78, 5) is 11.8. The molecule has 6 nitrogen and oxygen atoms in total. The molecule has 30 heavy (non-hydrogen) atoms. The number of hydrogen-bond acceptors (Lipinski definition) is 5. The number of ether oxygens (including phenoxy) is 1. The summed E-state index contributed by atoms with van der Waals surface area (Å²) in [6, 6.07) is 7.08. The van der Waals surface area contributed by atoms with Crippen LogP contribution in [0.5, 0.6) is 11.5 Å². The quantitative estimate of drug-likeness (QED) is 0.199. The van der Waals surface area contributed by atoms with Crippen LogP contribution in [0, 0.1) is 35.0 Å². The number of esters is 1. The Bertz CT molecular complexity index is 958. The van der Waals surface area contributed by atoms with E-state index in [2.05, 4.69) is 4.52 Å². The Hall–Kier alpha value is -2.65. The number of carbonyl (C=O) groups excluding carboxylic acids is 1. The molecule has 0 spiro atoms. The topological polar surface area (TPSA) is 73.9 Å². The molecule has 0 aromatic heterocycles. The molecule has 2 aromatic rings. The van der Waals surface area contributed by atoms with Crippen LogP contribution in [-0.4, -0.2) is 19.1 Å².